The Hall–Kier alpha value is -1.39. The van der Waals surface area contributed by atoms with Gasteiger partial charge in [0.1, 0.15) is 6.04 Å². The first kappa shape index (κ1) is 14.7. The molecule has 2 N–H and O–H groups in total. The number of hydrogen-bond donors (Lipinski definition) is 2. The van der Waals surface area contributed by atoms with Crippen molar-refractivity contribution in [1.29, 1.82) is 0 Å². The highest BCUT2D eigenvalue weighted by atomic mass is 16.5. The second kappa shape index (κ2) is 7.13. The number of benzene rings is 1. The number of carbonyl (C=O) groups is 1. The summed E-state index contributed by atoms with van der Waals surface area (Å²) < 4.78 is 5.02. The molecule has 0 radical (unpaired) electrons. The highest BCUT2D eigenvalue weighted by molar-refractivity contribution is 5.75. The maximum atomic E-state index is 11.2. The SMILES string of the molecule is COCc1ccc(C(NCC(C)C)C(=O)O)cc1. The number of carboxylic acid groups (broad SMARTS) is 1. The van der Waals surface area contributed by atoms with E-state index in [4.69, 9.17) is 4.74 Å². The van der Waals surface area contributed by atoms with Crippen LogP contribution in [0, 0.1) is 5.92 Å². The predicted octanol–water partition coefficient (Wildman–Crippen LogP) is 2.20. The molecule has 1 aromatic carbocycles. The van der Waals surface area contributed by atoms with Gasteiger partial charge in [-0.25, -0.2) is 0 Å². The van der Waals surface area contributed by atoms with Crippen molar-refractivity contribution in [2.75, 3.05) is 13.7 Å². The Labute approximate surface area is 108 Å². The molecule has 0 bridgehead atoms. The average Bonchev–Trinajstić information content (AvgIpc) is 2.31. The van der Waals surface area contributed by atoms with Crippen molar-refractivity contribution in [3.63, 3.8) is 0 Å². The molecule has 4 heteroatoms. The minimum atomic E-state index is -0.852. The number of carboxylic acids is 1. The molecule has 1 unspecified atom stereocenters. The van der Waals surface area contributed by atoms with E-state index in [1.54, 1.807) is 7.11 Å². The summed E-state index contributed by atoms with van der Waals surface area (Å²) in [6.45, 7) is 5.31. The molecule has 0 saturated carbocycles. The van der Waals surface area contributed by atoms with Gasteiger partial charge in [-0.1, -0.05) is 38.1 Å². The number of methoxy groups -OCH3 is 1. The Bertz CT molecular complexity index is 373. The lowest BCUT2D eigenvalue weighted by molar-refractivity contribution is -0.139. The fourth-order valence-corrected chi connectivity index (χ4v) is 1.67. The Morgan fingerprint density at radius 2 is 1.94 bits per heavy atom. The van der Waals surface area contributed by atoms with E-state index in [0.717, 1.165) is 11.1 Å². The average molecular weight is 251 g/mol. The minimum absolute atomic E-state index is 0.416. The molecule has 1 aromatic rings. The van der Waals surface area contributed by atoms with Crippen molar-refractivity contribution in [3.05, 3.63) is 35.4 Å². The van der Waals surface area contributed by atoms with E-state index >= 15 is 0 Å². The predicted molar refractivity (Wildman–Crippen MR) is 70.4 cm³/mol. The van der Waals surface area contributed by atoms with Crippen LogP contribution in [0.3, 0.4) is 0 Å². The summed E-state index contributed by atoms with van der Waals surface area (Å²) in [4.78, 5) is 11.2. The van der Waals surface area contributed by atoms with E-state index in [0.29, 0.717) is 19.1 Å². The van der Waals surface area contributed by atoms with Crippen molar-refractivity contribution in [3.8, 4) is 0 Å². The standard InChI is InChI=1S/C14H21NO3/c1-10(2)8-15-13(14(16)17)12-6-4-11(5-7-12)9-18-3/h4-7,10,13,15H,8-9H2,1-3H3,(H,16,17). The number of rotatable bonds is 7. The number of aliphatic carboxylic acids is 1. The van der Waals surface area contributed by atoms with Crippen LogP contribution in [-0.2, 0) is 16.1 Å². The number of nitrogens with one attached hydrogen (secondary N) is 1. The van der Waals surface area contributed by atoms with Gasteiger partial charge in [0.25, 0.3) is 0 Å². The molecule has 0 heterocycles. The van der Waals surface area contributed by atoms with Crippen LogP contribution in [-0.4, -0.2) is 24.7 Å². The van der Waals surface area contributed by atoms with E-state index in [9.17, 15) is 9.90 Å². The molecule has 0 aliphatic rings. The van der Waals surface area contributed by atoms with Crippen LogP contribution < -0.4 is 5.32 Å². The van der Waals surface area contributed by atoms with Crippen molar-refractivity contribution in [2.24, 2.45) is 5.92 Å². The zero-order chi connectivity index (χ0) is 13.5. The molecule has 0 aromatic heterocycles. The highest BCUT2D eigenvalue weighted by Crippen LogP contribution is 2.15. The smallest absolute Gasteiger partial charge is 0.325 e. The lowest BCUT2D eigenvalue weighted by Crippen LogP contribution is -2.31. The summed E-state index contributed by atoms with van der Waals surface area (Å²) in [6, 6.07) is 6.81. The molecular formula is C14H21NO3. The van der Waals surface area contributed by atoms with Crippen molar-refractivity contribution in [1.82, 2.24) is 5.32 Å². The third-order valence-corrected chi connectivity index (χ3v) is 2.60. The van der Waals surface area contributed by atoms with Crippen LogP contribution >= 0.6 is 0 Å². The maximum Gasteiger partial charge on any atom is 0.325 e. The summed E-state index contributed by atoms with van der Waals surface area (Å²) >= 11 is 0. The Kier molecular flexibility index (Phi) is 5.82. The molecule has 0 aliphatic carbocycles. The maximum absolute atomic E-state index is 11.2. The van der Waals surface area contributed by atoms with Gasteiger partial charge in [-0.2, -0.15) is 0 Å². The van der Waals surface area contributed by atoms with Crippen LogP contribution in [0.4, 0.5) is 0 Å². The zero-order valence-corrected chi connectivity index (χ0v) is 11.1. The van der Waals surface area contributed by atoms with E-state index in [1.807, 2.05) is 38.1 Å². The monoisotopic (exact) mass is 251 g/mol. The molecule has 0 aliphatic heterocycles. The second-order valence-corrected chi connectivity index (χ2v) is 4.75. The molecule has 100 valence electrons. The summed E-state index contributed by atoms with van der Waals surface area (Å²) in [5.41, 5.74) is 1.80. The first-order valence-electron chi connectivity index (χ1n) is 6.08. The van der Waals surface area contributed by atoms with Crippen molar-refractivity contribution >= 4 is 5.97 Å². The highest BCUT2D eigenvalue weighted by Gasteiger charge is 2.19. The van der Waals surface area contributed by atoms with Gasteiger partial charge in [-0.05, 0) is 23.6 Å². The van der Waals surface area contributed by atoms with Crippen LogP contribution in [0.25, 0.3) is 0 Å². The van der Waals surface area contributed by atoms with Gasteiger partial charge in [0, 0.05) is 7.11 Å². The quantitative estimate of drug-likeness (QED) is 0.780. The van der Waals surface area contributed by atoms with Crippen LogP contribution in [0.15, 0.2) is 24.3 Å². The van der Waals surface area contributed by atoms with Crippen LogP contribution in [0.5, 0.6) is 0 Å². The normalized spacial score (nSPS) is 12.7. The third-order valence-electron chi connectivity index (χ3n) is 2.60. The Morgan fingerprint density at radius 3 is 2.39 bits per heavy atom. The fourth-order valence-electron chi connectivity index (χ4n) is 1.67. The largest absolute Gasteiger partial charge is 0.480 e. The summed E-state index contributed by atoms with van der Waals surface area (Å²) in [5, 5.41) is 12.3. The Balaban J connectivity index is 2.76. The molecule has 18 heavy (non-hydrogen) atoms. The van der Waals surface area contributed by atoms with Crippen LogP contribution in [0.1, 0.15) is 31.0 Å². The lowest BCUT2D eigenvalue weighted by Gasteiger charge is -2.16. The van der Waals surface area contributed by atoms with E-state index in [1.165, 1.54) is 0 Å². The summed E-state index contributed by atoms with van der Waals surface area (Å²) in [6.07, 6.45) is 0. The van der Waals surface area contributed by atoms with Gasteiger partial charge < -0.3 is 15.2 Å². The van der Waals surface area contributed by atoms with E-state index < -0.39 is 12.0 Å². The molecule has 0 spiro atoms. The fraction of sp³-hybridized carbons (Fsp3) is 0.500. The third kappa shape index (κ3) is 4.47. The molecule has 1 atom stereocenters. The van der Waals surface area contributed by atoms with Gasteiger partial charge in [-0.3, -0.25) is 4.79 Å². The van der Waals surface area contributed by atoms with Gasteiger partial charge in [-0.15, -0.1) is 0 Å². The first-order valence-corrected chi connectivity index (χ1v) is 6.08. The van der Waals surface area contributed by atoms with E-state index in [2.05, 4.69) is 5.32 Å². The molecule has 0 fully saturated rings. The Morgan fingerprint density at radius 1 is 1.33 bits per heavy atom. The molecule has 0 amide bonds. The van der Waals surface area contributed by atoms with Gasteiger partial charge in [0.05, 0.1) is 6.61 Å². The zero-order valence-electron chi connectivity index (χ0n) is 11.1. The molecular weight excluding hydrogens is 230 g/mol. The van der Waals surface area contributed by atoms with Crippen molar-refractivity contribution in [2.45, 2.75) is 26.5 Å². The van der Waals surface area contributed by atoms with E-state index in [-0.39, 0.29) is 0 Å². The lowest BCUT2D eigenvalue weighted by atomic mass is 10.0. The van der Waals surface area contributed by atoms with Crippen LogP contribution in [0.2, 0.25) is 0 Å². The van der Waals surface area contributed by atoms with Crippen molar-refractivity contribution < 1.29 is 14.6 Å². The number of hydrogen-bond acceptors (Lipinski definition) is 3. The molecule has 4 nitrogen and oxygen atoms in total. The number of ether oxygens (including phenoxy) is 1. The first-order chi connectivity index (χ1) is 8.54. The minimum Gasteiger partial charge on any atom is -0.480 e. The summed E-state index contributed by atoms with van der Waals surface area (Å²) in [7, 11) is 1.64. The van der Waals surface area contributed by atoms with Gasteiger partial charge in [0.15, 0.2) is 0 Å². The summed E-state index contributed by atoms with van der Waals surface area (Å²) in [5.74, 6) is -0.435. The van der Waals surface area contributed by atoms with Gasteiger partial charge >= 0.3 is 5.97 Å². The molecule has 1 rings (SSSR count). The van der Waals surface area contributed by atoms with Gasteiger partial charge in [0.2, 0.25) is 0 Å². The second-order valence-electron chi connectivity index (χ2n) is 4.75. The molecule has 0 saturated heterocycles. The topological polar surface area (TPSA) is 58.6 Å².